The van der Waals surface area contributed by atoms with E-state index in [4.69, 9.17) is 5.73 Å². The Labute approximate surface area is 209 Å². The molecule has 4 N–H and O–H groups in total. The number of primary amides is 1. The number of likely N-dealkylation sites (N-methyl/N-ethyl adjacent to an activating group) is 2. The van der Waals surface area contributed by atoms with E-state index in [1.54, 1.807) is 20.8 Å². The van der Waals surface area contributed by atoms with Crippen molar-refractivity contribution >= 4 is 17.8 Å². The molecule has 0 fully saturated rings. The summed E-state index contributed by atoms with van der Waals surface area (Å²) in [5.41, 5.74) is 4.37. The molecular formula is C21H43N4NaO5+2. The second-order valence-corrected chi connectivity index (χ2v) is 10.8. The van der Waals surface area contributed by atoms with E-state index in [-0.39, 0.29) is 48.3 Å². The molecule has 3 atom stereocenters. The average molecular weight is 455 g/mol. The van der Waals surface area contributed by atoms with E-state index in [1.807, 2.05) is 35.2 Å². The van der Waals surface area contributed by atoms with Crippen LogP contribution in [0.3, 0.4) is 0 Å². The first-order valence-electron chi connectivity index (χ1n) is 10.5. The Morgan fingerprint density at radius 3 is 1.97 bits per heavy atom. The molecule has 0 rings (SSSR count). The van der Waals surface area contributed by atoms with Gasteiger partial charge in [-0.15, -0.1) is 0 Å². The number of carboxylic acids is 1. The summed E-state index contributed by atoms with van der Waals surface area (Å²) >= 11 is 0. The predicted molar refractivity (Wildman–Crippen MR) is 113 cm³/mol. The number of quaternary nitrogens is 2. The zero-order chi connectivity index (χ0) is 23.9. The number of nitrogens with zero attached hydrogens (tertiary/aromatic N) is 2. The van der Waals surface area contributed by atoms with Crippen molar-refractivity contribution in [2.75, 3.05) is 55.0 Å². The Morgan fingerprint density at radius 1 is 1.06 bits per heavy atom. The van der Waals surface area contributed by atoms with Crippen LogP contribution in [0.25, 0.3) is 0 Å². The maximum atomic E-state index is 12.8. The number of nitrogens with one attached hydrogen (secondary N) is 1. The fourth-order valence-electron chi connectivity index (χ4n) is 3.65. The number of carboxylic acid groups (broad SMARTS) is 1. The smallest absolute Gasteiger partial charge is 0.550 e. The molecule has 176 valence electrons. The van der Waals surface area contributed by atoms with Gasteiger partial charge in [0.15, 0.2) is 12.8 Å². The number of carbonyl (C=O) groups excluding carboxylic acids is 3. The zero-order valence-electron chi connectivity index (χ0n) is 21.0. The molecule has 0 saturated carbocycles. The van der Waals surface area contributed by atoms with Crippen molar-refractivity contribution in [3.63, 3.8) is 0 Å². The topological polar surface area (TPSA) is 133 Å². The first-order valence-corrected chi connectivity index (χ1v) is 10.5. The molecule has 10 heteroatoms. The molecule has 0 aliphatic heterocycles. The van der Waals surface area contributed by atoms with Crippen LogP contribution in [0.4, 0.5) is 0 Å². The third kappa shape index (κ3) is 13.4. The van der Waals surface area contributed by atoms with Gasteiger partial charge >= 0.3 is 29.6 Å². The van der Waals surface area contributed by atoms with Crippen LogP contribution in [0.5, 0.6) is 0 Å². The Bertz CT molecular complexity index is 605. The summed E-state index contributed by atoms with van der Waals surface area (Å²) < 4.78 is 1.02. The number of nitrogens with two attached hydrogens (primary N) is 1. The molecule has 0 radical (unpaired) electrons. The number of carbonyl (C=O) groups is 3. The average Bonchev–Trinajstić information content (AvgIpc) is 2.53. The number of hydrogen-bond acceptors (Lipinski definition) is 5. The van der Waals surface area contributed by atoms with E-state index in [9.17, 15) is 24.6 Å². The number of aliphatic carboxylic acids is 1. The fourth-order valence-corrected chi connectivity index (χ4v) is 3.65. The first-order chi connectivity index (χ1) is 13.4. The van der Waals surface area contributed by atoms with Gasteiger partial charge in [-0.2, -0.15) is 0 Å². The predicted octanol–water partition coefficient (Wildman–Crippen LogP) is -4.11. The Hall–Kier alpha value is -0.710. The van der Waals surface area contributed by atoms with Crippen LogP contribution in [0, 0.1) is 17.3 Å². The number of aliphatic hydroxyl groups is 1. The number of rotatable bonds is 14. The number of amides is 2. The van der Waals surface area contributed by atoms with Crippen molar-refractivity contribution in [2.45, 2.75) is 46.1 Å². The Kier molecular flexibility index (Phi) is 13.7. The largest absolute Gasteiger partial charge is 1.00 e. The monoisotopic (exact) mass is 454 g/mol. The van der Waals surface area contributed by atoms with Crippen molar-refractivity contribution in [1.29, 1.82) is 0 Å². The summed E-state index contributed by atoms with van der Waals surface area (Å²) in [6.45, 7) is 6.48. The molecular weight excluding hydrogens is 411 g/mol. The molecule has 0 aromatic rings. The van der Waals surface area contributed by atoms with Gasteiger partial charge in [0, 0.05) is 23.2 Å². The minimum absolute atomic E-state index is 0. The summed E-state index contributed by atoms with van der Waals surface area (Å²) in [6, 6.07) is 0. The van der Waals surface area contributed by atoms with Crippen LogP contribution in [0.15, 0.2) is 0 Å². The van der Waals surface area contributed by atoms with Crippen LogP contribution in [-0.4, -0.2) is 93.0 Å². The van der Waals surface area contributed by atoms with Gasteiger partial charge < -0.3 is 35.0 Å². The van der Waals surface area contributed by atoms with E-state index in [0.29, 0.717) is 35.1 Å². The van der Waals surface area contributed by atoms with Gasteiger partial charge in [-0.25, -0.2) is 0 Å². The van der Waals surface area contributed by atoms with Gasteiger partial charge in [0.25, 0.3) is 0 Å². The van der Waals surface area contributed by atoms with Crippen LogP contribution in [-0.2, 0) is 14.4 Å². The second kappa shape index (κ2) is 13.1. The number of aliphatic hydroxyl groups excluding tert-OH is 1. The number of hydrogen-bond donors (Lipinski definition) is 3. The SMILES string of the molecule is CCC(CC(CC(C)(C)C(=O)NC[N+](C)(C)CC(O)C[N+](C)(C)C)C(=O)[O-])C(N)=O.[Na+]. The molecule has 0 bridgehead atoms. The molecule has 0 aromatic heterocycles. The van der Waals surface area contributed by atoms with Crippen LogP contribution in [0.1, 0.15) is 40.0 Å². The van der Waals surface area contributed by atoms with Crippen molar-refractivity contribution in [3.8, 4) is 0 Å². The van der Waals surface area contributed by atoms with E-state index in [0.717, 1.165) is 0 Å². The third-order valence-corrected chi connectivity index (χ3v) is 5.30. The van der Waals surface area contributed by atoms with Crippen molar-refractivity contribution in [1.82, 2.24) is 5.32 Å². The molecule has 0 aliphatic rings. The van der Waals surface area contributed by atoms with Gasteiger partial charge in [0.1, 0.15) is 13.1 Å². The molecule has 0 spiro atoms. The molecule has 3 unspecified atom stereocenters. The quantitative estimate of drug-likeness (QED) is 0.139. The first kappa shape index (κ1) is 32.5. The normalized spacial score (nSPS) is 15.4. The van der Waals surface area contributed by atoms with Crippen LogP contribution < -0.4 is 45.7 Å². The van der Waals surface area contributed by atoms with Gasteiger partial charge in [-0.3, -0.25) is 9.59 Å². The maximum absolute atomic E-state index is 12.8. The summed E-state index contributed by atoms with van der Waals surface area (Å²) in [7, 11) is 9.83. The molecule has 31 heavy (non-hydrogen) atoms. The van der Waals surface area contributed by atoms with E-state index >= 15 is 0 Å². The fraction of sp³-hybridized carbons (Fsp3) is 0.857. The van der Waals surface area contributed by atoms with Gasteiger partial charge in [0.2, 0.25) is 11.8 Å². The molecule has 2 amide bonds. The van der Waals surface area contributed by atoms with Gasteiger partial charge in [-0.1, -0.05) is 20.8 Å². The summed E-state index contributed by atoms with van der Waals surface area (Å²) in [5.74, 6) is -3.62. The van der Waals surface area contributed by atoms with Crippen LogP contribution >= 0.6 is 0 Å². The van der Waals surface area contributed by atoms with E-state index in [1.165, 1.54) is 0 Å². The van der Waals surface area contributed by atoms with Crippen LogP contribution in [0.2, 0.25) is 0 Å². The van der Waals surface area contributed by atoms with E-state index < -0.39 is 35.2 Å². The summed E-state index contributed by atoms with van der Waals surface area (Å²) in [5, 5.41) is 24.8. The molecule has 0 aliphatic carbocycles. The van der Waals surface area contributed by atoms with Crippen molar-refractivity contribution < 1.29 is 63.1 Å². The Balaban J connectivity index is 0. The minimum Gasteiger partial charge on any atom is -0.550 e. The van der Waals surface area contributed by atoms with E-state index in [2.05, 4.69) is 5.32 Å². The van der Waals surface area contributed by atoms with Gasteiger partial charge in [-0.05, 0) is 19.3 Å². The minimum atomic E-state index is -1.28. The molecule has 0 aromatic carbocycles. The molecule has 0 saturated heterocycles. The van der Waals surface area contributed by atoms with Gasteiger partial charge in [0.05, 0.1) is 35.2 Å². The summed E-state index contributed by atoms with van der Waals surface area (Å²) in [6.07, 6.45) is 0.0197. The Morgan fingerprint density at radius 2 is 1.58 bits per heavy atom. The summed E-state index contributed by atoms with van der Waals surface area (Å²) in [4.78, 5) is 35.9. The second-order valence-electron chi connectivity index (χ2n) is 10.8. The van der Waals surface area contributed by atoms with Crippen molar-refractivity contribution in [2.24, 2.45) is 23.0 Å². The molecule has 0 heterocycles. The van der Waals surface area contributed by atoms with Crippen molar-refractivity contribution in [3.05, 3.63) is 0 Å². The maximum Gasteiger partial charge on any atom is 1.00 e. The molecule has 9 nitrogen and oxygen atoms in total. The standard InChI is InChI=1S/C21H42N4O5.Na/c1-9-15(18(22)27)10-16(19(28)29)11-21(2,3)20(30)23-14-25(7,8)13-17(26)12-24(4,5)6;/h15-17,26H,9-14H2,1-8H3,(H2-2,22,23,27,28,29,30);/q;+1/p+1. The zero-order valence-corrected chi connectivity index (χ0v) is 23.0. The third-order valence-electron chi connectivity index (χ3n) is 5.30.